The summed E-state index contributed by atoms with van der Waals surface area (Å²) in [6, 6.07) is 22.4. The average molecular weight is 414 g/mol. The highest BCUT2D eigenvalue weighted by atomic mass is 16.5. The number of methoxy groups -OCH3 is 3. The molecule has 1 aliphatic heterocycles. The Labute approximate surface area is 181 Å². The van der Waals surface area contributed by atoms with E-state index >= 15 is 0 Å². The zero-order valence-corrected chi connectivity index (χ0v) is 17.5. The summed E-state index contributed by atoms with van der Waals surface area (Å²) in [6.45, 7) is 0. The van der Waals surface area contributed by atoms with Crippen LogP contribution >= 0.6 is 0 Å². The van der Waals surface area contributed by atoms with Crippen molar-refractivity contribution in [1.82, 2.24) is 0 Å². The van der Waals surface area contributed by atoms with E-state index in [1.54, 1.807) is 38.4 Å². The van der Waals surface area contributed by atoms with Crippen molar-refractivity contribution >= 4 is 23.5 Å². The van der Waals surface area contributed by atoms with Crippen molar-refractivity contribution in [3.63, 3.8) is 0 Å². The van der Waals surface area contributed by atoms with Crippen molar-refractivity contribution in [2.45, 2.75) is 0 Å². The third-order valence-corrected chi connectivity index (χ3v) is 4.93. The molecule has 1 heterocycles. The first-order valence-electron chi connectivity index (χ1n) is 9.71. The minimum Gasteiger partial charge on any atom is -0.497 e. The molecule has 0 bridgehead atoms. The number of aliphatic imine (C=N–C) groups is 1. The molecule has 3 aromatic rings. The lowest BCUT2D eigenvalue weighted by atomic mass is 10.1. The summed E-state index contributed by atoms with van der Waals surface area (Å²) in [6.07, 6.45) is 1.75. The Morgan fingerprint density at radius 1 is 0.806 bits per heavy atom. The average Bonchev–Trinajstić information content (AvgIpc) is 3.15. The van der Waals surface area contributed by atoms with Crippen molar-refractivity contribution < 1.29 is 19.0 Å². The maximum Gasteiger partial charge on any atom is 0.282 e. The Morgan fingerprint density at radius 3 is 2.16 bits per heavy atom. The molecule has 3 aromatic carbocycles. The van der Waals surface area contributed by atoms with Gasteiger partial charge in [0.05, 0.1) is 27.0 Å². The molecule has 0 saturated heterocycles. The van der Waals surface area contributed by atoms with E-state index in [1.807, 2.05) is 66.7 Å². The van der Waals surface area contributed by atoms with Gasteiger partial charge in [-0.15, -0.1) is 0 Å². The first-order valence-corrected chi connectivity index (χ1v) is 9.71. The molecule has 0 unspecified atom stereocenters. The minimum atomic E-state index is -0.202. The highest BCUT2D eigenvalue weighted by Crippen LogP contribution is 2.31. The normalized spacial score (nSPS) is 14.5. The summed E-state index contributed by atoms with van der Waals surface area (Å²) in [5.74, 6) is 2.30. The molecule has 4 rings (SSSR count). The lowest BCUT2D eigenvalue weighted by molar-refractivity contribution is -0.113. The van der Waals surface area contributed by atoms with Crippen LogP contribution in [-0.4, -0.2) is 33.1 Å². The molecule has 1 amide bonds. The molecule has 31 heavy (non-hydrogen) atoms. The van der Waals surface area contributed by atoms with Crippen LogP contribution in [-0.2, 0) is 4.79 Å². The number of hydrogen-bond acceptors (Lipinski definition) is 5. The minimum absolute atomic E-state index is 0.202. The lowest BCUT2D eigenvalue weighted by Crippen LogP contribution is -2.32. The number of nitrogens with zero attached hydrogens (tertiary/aromatic N) is 2. The fourth-order valence-electron chi connectivity index (χ4n) is 3.37. The molecule has 0 aliphatic carbocycles. The molecule has 0 saturated carbocycles. The smallest absolute Gasteiger partial charge is 0.282 e. The van der Waals surface area contributed by atoms with Crippen molar-refractivity contribution in [1.29, 1.82) is 0 Å². The number of rotatable bonds is 6. The van der Waals surface area contributed by atoms with E-state index in [2.05, 4.69) is 4.99 Å². The second-order valence-electron chi connectivity index (χ2n) is 6.78. The van der Waals surface area contributed by atoms with Crippen LogP contribution in [0.15, 0.2) is 83.5 Å². The number of para-hydroxylation sites is 1. The van der Waals surface area contributed by atoms with Gasteiger partial charge in [0.25, 0.3) is 5.91 Å². The molecular weight excluding hydrogens is 392 g/mol. The van der Waals surface area contributed by atoms with E-state index in [9.17, 15) is 4.79 Å². The van der Waals surface area contributed by atoms with Gasteiger partial charge in [0.1, 0.15) is 17.3 Å². The van der Waals surface area contributed by atoms with Crippen molar-refractivity contribution in [2.24, 2.45) is 4.99 Å². The van der Waals surface area contributed by atoms with Crippen LogP contribution in [0, 0.1) is 0 Å². The van der Waals surface area contributed by atoms with Crippen LogP contribution in [0.2, 0.25) is 0 Å². The fourth-order valence-corrected chi connectivity index (χ4v) is 3.37. The van der Waals surface area contributed by atoms with E-state index in [1.165, 1.54) is 0 Å². The van der Waals surface area contributed by atoms with Gasteiger partial charge in [-0.1, -0.05) is 24.3 Å². The number of amides is 1. The fraction of sp³-hybridized carbons (Fsp3) is 0.120. The molecule has 156 valence electrons. The summed E-state index contributed by atoms with van der Waals surface area (Å²) in [5, 5.41) is 0. The molecule has 0 fully saturated rings. The third kappa shape index (κ3) is 4.00. The summed E-state index contributed by atoms with van der Waals surface area (Å²) < 4.78 is 15.9. The monoisotopic (exact) mass is 414 g/mol. The zero-order chi connectivity index (χ0) is 21.8. The highest BCUT2D eigenvalue weighted by Gasteiger charge is 2.32. The topological polar surface area (TPSA) is 60.4 Å². The Bertz CT molecular complexity index is 1150. The molecule has 6 heteroatoms. The summed E-state index contributed by atoms with van der Waals surface area (Å²) in [4.78, 5) is 19.7. The number of carbonyl (C=O) groups excluding carboxylic acids is 1. The van der Waals surface area contributed by atoms with Crippen LogP contribution in [0.5, 0.6) is 17.2 Å². The summed E-state index contributed by atoms with van der Waals surface area (Å²) in [7, 11) is 4.78. The number of benzene rings is 3. The van der Waals surface area contributed by atoms with Gasteiger partial charge in [-0.25, -0.2) is 4.99 Å². The number of anilines is 1. The van der Waals surface area contributed by atoms with Gasteiger partial charge in [-0.3, -0.25) is 9.69 Å². The lowest BCUT2D eigenvalue weighted by Gasteiger charge is -2.18. The van der Waals surface area contributed by atoms with Gasteiger partial charge >= 0.3 is 0 Å². The first kappa shape index (κ1) is 20.2. The number of amidine groups is 1. The Morgan fingerprint density at radius 2 is 1.52 bits per heavy atom. The molecule has 0 atom stereocenters. The number of hydrogen-bond donors (Lipinski definition) is 0. The summed E-state index contributed by atoms with van der Waals surface area (Å²) in [5.41, 5.74) is 2.68. The van der Waals surface area contributed by atoms with Gasteiger partial charge in [0.2, 0.25) is 0 Å². The second-order valence-corrected chi connectivity index (χ2v) is 6.78. The SMILES string of the molecule is COc1ccc(C2=N/C(=C/c3ccc(OC)c(OC)c3)C(=O)N2c2ccccc2)cc1. The molecule has 1 aliphatic rings. The predicted octanol–water partition coefficient (Wildman–Crippen LogP) is 4.55. The van der Waals surface area contributed by atoms with Crippen LogP contribution in [0.4, 0.5) is 5.69 Å². The Hall–Kier alpha value is -4.06. The van der Waals surface area contributed by atoms with Crippen LogP contribution < -0.4 is 19.1 Å². The largest absolute Gasteiger partial charge is 0.497 e. The Balaban J connectivity index is 1.79. The van der Waals surface area contributed by atoms with E-state index in [4.69, 9.17) is 14.2 Å². The van der Waals surface area contributed by atoms with Gasteiger partial charge in [0.15, 0.2) is 11.5 Å². The molecule has 0 radical (unpaired) electrons. The molecule has 0 N–H and O–H groups in total. The van der Waals surface area contributed by atoms with E-state index in [0.29, 0.717) is 23.0 Å². The highest BCUT2D eigenvalue weighted by molar-refractivity contribution is 6.33. The maximum atomic E-state index is 13.4. The van der Waals surface area contributed by atoms with Crippen LogP contribution in [0.3, 0.4) is 0 Å². The van der Waals surface area contributed by atoms with E-state index in [0.717, 1.165) is 22.6 Å². The van der Waals surface area contributed by atoms with Gasteiger partial charge < -0.3 is 14.2 Å². The predicted molar refractivity (Wildman–Crippen MR) is 121 cm³/mol. The quantitative estimate of drug-likeness (QED) is 0.556. The van der Waals surface area contributed by atoms with Gasteiger partial charge in [-0.2, -0.15) is 0 Å². The van der Waals surface area contributed by atoms with Crippen molar-refractivity contribution in [3.8, 4) is 17.2 Å². The molecule has 0 spiro atoms. The maximum absolute atomic E-state index is 13.4. The standard InChI is InChI=1S/C25H22N2O4/c1-29-20-12-10-18(11-13-20)24-26-21(25(28)27(24)19-7-5-4-6-8-19)15-17-9-14-22(30-2)23(16-17)31-3/h4-16H,1-3H3/b21-15+. The summed E-state index contributed by atoms with van der Waals surface area (Å²) >= 11 is 0. The van der Waals surface area contributed by atoms with Crippen molar-refractivity contribution in [3.05, 3.63) is 89.6 Å². The third-order valence-electron chi connectivity index (χ3n) is 4.93. The van der Waals surface area contributed by atoms with Crippen molar-refractivity contribution in [2.75, 3.05) is 26.2 Å². The first-order chi connectivity index (χ1) is 15.1. The van der Waals surface area contributed by atoms with Gasteiger partial charge in [-0.05, 0) is 60.2 Å². The molecular formula is C25H22N2O4. The second kappa shape index (κ2) is 8.75. The van der Waals surface area contributed by atoms with Crippen LogP contribution in [0.1, 0.15) is 11.1 Å². The molecule has 6 nitrogen and oxygen atoms in total. The number of ether oxygens (including phenoxy) is 3. The Kier molecular flexibility index (Phi) is 5.71. The van der Waals surface area contributed by atoms with Gasteiger partial charge in [0, 0.05) is 5.56 Å². The number of carbonyl (C=O) groups is 1. The van der Waals surface area contributed by atoms with E-state index < -0.39 is 0 Å². The van der Waals surface area contributed by atoms with Crippen LogP contribution in [0.25, 0.3) is 6.08 Å². The van der Waals surface area contributed by atoms with E-state index in [-0.39, 0.29) is 5.91 Å². The molecule has 0 aromatic heterocycles. The zero-order valence-electron chi connectivity index (χ0n) is 17.5.